The van der Waals surface area contributed by atoms with Crippen LogP contribution in [-0.2, 0) is 14.8 Å². The molecule has 1 aliphatic heterocycles. The van der Waals surface area contributed by atoms with Crippen molar-refractivity contribution in [2.24, 2.45) is 5.92 Å². The van der Waals surface area contributed by atoms with Crippen molar-refractivity contribution in [2.45, 2.75) is 18.2 Å². The summed E-state index contributed by atoms with van der Waals surface area (Å²) in [5.74, 6) is 0.674. The molecule has 1 amide bonds. The fraction of sp³-hybridized carbons (Fsp3) is 0.316. The van der Waals surface area contributed by atoms with E-state index < -0.39 is 10.0 Å². The van der Waals surface area contributed by atoms with E-state index in [1.54, 1.807) is 29.2 Å². The third kappa shape index (κ3) is 4.88. The number of nitrogens with one attached hydrogen (secondary N) is 1. The van der Waals surface area contributed by atoms with Gasteiger partial charge in [-0.3, -0.25) is 4.79 Å². The molecule has 8 heteroatoms. The first-order valence-corrected chi connectivity index (χ1v) is 10.9. The molecule has 0 radical (unpaired) electrons. The van der Waals surface area contributed by atoms with Gasteiger partial charge in [0.1, 0.15) is 5.75 Å². The van der Waals surface area contributed by atoms with E-state index in [2.05, 4.69) is 20.7 Å². The molecule has 0 spiro atoms. The zero-order chi connectivity index (χ0) is 19.4. The van der Waals surface area contributed by atoms with Crippen molar-refractivity contribution in [1.29, 1.82) is 0 Å². The van der Waals surface area contributed by atoms with E-state index in [0.717, 1.165) is 15.9 Å². The molecule has 1 heterocycles. The van der Waals surface area contributed by atoms with Gasteiger partial charge in [-0.15, -0.1) is 0 Å². The van der Waals surface area contributed by atoms with E-state index in [9.17, 15) is 13.2 Å². The van der Waals surface area contributed by atoms with E-state index in [1.807, 2.05) is 31.2 Å². The molecule has 2 aromatic carbocycles. The van der Waals surface area contributed by atoms with E-state index in [-0.39, 0.29) is 23.3 Å². The summed E-state index contributed by atoms with van der Waals surface area (Å²) in [6.45, 7) is 3.20. The Morgan fingerprint density at radius 3 is 2.44 bits per heavy atom. The van der Waals surface area contributed by atoms with Gasteiger partial charge in [0.05, 0.1) is 11.5 Å². The van der Waals surface area contributed by atoms with Gasteiger partial charge in [-0.25, -0.2) is 13.1 Å². The number of anilines is 1. The second-order valence-corrected chi connectivity index (χ2v) is 8.99. The largest absolute Gasteiger partial charge is 0.494 e. The van der Waals surface area contributed by atoms with Gasteiger partial charge in [-0.05, 0) is 61.4 Å². The Kier molecular flexibility index (Phi) is 6.18. The first-order chi connectivity index (χ1) is 12.9. The number of hydrogen-bond donors (Lipinski definition) is 1. The Balaban J connectivity index is 1.61. The van der Waals surface area contributed by atoms with Crippen molar-refractivity contribution in [2.75, 3.05) is 24.6 Å². The van der Waals surface area contributed by atoms with Crippen LogP contribution in [0.4, 0.5) is 5.69 Å². The van der Waals surface area contributed by atoms with Crippen molar-refractivity contribution in [3.05, 3.63) is 53.0 Å². The minimum absolute atomic E-state index is 0.00741. The smallest absolute Gasteiger partial charge is 0.240 e. The first-order valence-electron chi connectivity index (χ1n) is 8.67. The predicted octanol–water partition coefficient (Wildman–Crippen LogP) is 3.18. The maximum atomic E-state index is 12.4. The lowest BCUT2D eigenvalue weighted by atomic mass is 10.1. The predicted molar refractivity (Wildman–Crippen MR) is 107 cm³/mol. The lowest BCUT2D eigenvalue weighted by molar-refractivity contribution is -0.117. The molecule has 0 saturated carbocycles. The lowest BCUT2D eigenvalue weighted by Gasteiger charge is -2.17. The SMILES string of the molecule is CCOc1ccc(N2C[C@@H](CNS(=O)(=O)c3ccc(Br)cc3)CC2=O)cc1. The molecule has 0 aliphatic carbocycles. The number of benzene rings is 2. The number of nitrogens with zero attached hydrogens (tertiary/aromatic N) is 1. The molecule has 0 aromatic heterocycles. The Bertz CT molecular complexity index is 898. The number of halogens is 1. The number of hydrogen-bond acceptors (Lipinski definition) is 4. The highest BCUT2D eigenvalue weighted by atomic mass is 79.9. The summed E-state index contributed by atoms with van der Waals surface area (Å²) in [4.78, 5) is 14.2. The molecule has 1 fully saturated rings. The van der Waals surface area contributed by atoms with E-state index in [0.29, 0.717) is 19.6 Å². The number of amides is 1. The van der Waals surface area contributed by atoms with Crippen LogP contribution in [0.15, 0.2) is 57.9 Å². The highest BCUT2D eigenvalue weighted by Gasteiger charge is 2.31. The van der Waals surface area contributed by atoms with Crippen LogP contribution >= 0.6 is 15.9 Å². The van der Waals surface area contributed by atoms with Crippen LogP contribution in [0.1, 0.15) is 13.3 Å². The third-order valence-electron chi connectivity index (χ3n) is 4.35. The third-order valence-corrected chi connectivity index (χ3v) is 6.32. The van der Waals surface area contributed by atoms with E-state index >= 15 is 0 Å². The molecule has 1 aliphatic rings. The molecule has 1 saturated heterocycles. The Labute approximate surface area is 167 Å². The van der Waals surface area contributed by atoms with E-state index in [1.165, 1.54) is 0 Å². The van der Waals surface area contributed by atoms with Crippen LogP contribution < -0.4 is 14.4 Å². The summed E-state index contributed by atoms with van der Waals surface area (Å²) < 4.78 is 33.6. The van der Waals surface area contributed by atoms with Crippen LogP contribution in [0.25, 0.3) is 0 Å². The lowest BCUT2D eigenvalue weighted by Crippen LogP contribution is -2.31. The van der Waals surface area contributed by atoms with Gasteiger partial charge < -0.3 is 9.64 Å². The topological polar surface area (TPSA) is 75.7 Å². The Morgan fingerprint density at radius 2 is 1.81 bits per heavy atom. The number of carbonyl (C=O) groups excluding carboxylic acids is 1. The van der Waals surface area contributed by atoms with Crippen molar-refractivity contribution >= 4 is 37.5 Å². The summed E-state index contributed by atoms with van der Waals surface area (Å²) >= 11 is 3.29. The minimum Gasteiger partial charge on any atom is -0.494 e. The molecule has 0 bridgehead atoms. The highest BCUT2D eigenvalue weighted by Crippen LogP contribution is 2.27. The molecule has 6 nitrogen and oxygen atoms in total. The van der Waals surface area contributed by atoms with Gasteiger partial charge in [-0.1, -0.05) is 15.9 Å². The fourth-order valence-electron chi connectivity index (χ4n) is 2.98. The maximum absolute atomic E-state index is 12.4. The van der Waals surface area contributed by atoms with Gasteiger partial charge in [0, 0.05) is 29.7 Å². The highest BCUT2D eigenvalue weighted by molar-refractivity contribution is 9.10. The summed E-state index contributed by atoms with van der Waals surface area (Å²) in [7, 11) is -3.59. The van der Waals surface area contributed by atoms with Crippen molar-refractivity contribution < 1.29 is 17.9 Å². The van der Waals surface area contributed by atoms with Crippen LogP contribution in [0.5, 0.6) is 5.75 Å². The Hall–Kier alpha value is -1.90. The van der Waals surface area contributed by atoms with Gasteiger partial charge in [0.15, 0.2) is 0 Å². The monoisotopic (exact) mass is 452 g/mol. The fourth-order valence-corrected chi connectivity index (χ4v) is 4.36. The second kappa shape index (κ2) is 8.41. The molecule has 3 rings (SSSR count). The average Bonchev–Trinajstić information content (AvgIpc) is 3.02. The number of ether oxygens (including phenoxy) is 1. The molecule has 27 heavy (non-hydrogen) atoms. The van der Waals surface area contributed by atoms with Gasteiger partial charge >= 0.3 is 0 Å². The van der Waals surface area contributed by atoms with Crippen molar-refractivity contribution in [3.63, 3.8) is 0 Å². The standard InChI is InChI=1S/C19H21BrN2O4S/c1-2-26-17-7-5-16(6-8-17)22-13-14(11-19(22)23)12-21-27(24,25)18-9-3-15(20)4-10-18/h3-10,14,21H,2,11-13H2,1H3/t14-/m1/s1. The van der Waals surface area contributed by atoms with Crippen LogP contribution in [0.3, 0.4) is 0 Å². The minimum atomic E-state index is -3.59. The van der Waals surface area contributed by atoms with Crippen molar-refractivity contribution in [3.8, 4) is 5.75 Å². The summed E-state index contributed by atoms with van der Waals surface area (Å²) in [5.41, 5.74) is 0.793. The van der Waals surface area contributed by atoms with Crippen LogP contribution in [0, 0.1) is 5.92 Å². The van der Waals surface area contributed by atoms with Gasteiger partial charge in [0.2, 0.25) is 15.9 Å². The molecule has 1 atom stereocenters. The van der Waals surface area contributed by atoms with E-state index in [4.69, 9.17) is 4.74 Å². The summed E-state index contributed by atoms with van der Waals surface area (Å²) in [5, 5.41) is 0. The normalized spacial score (nSPS) is 17.3. The molecular weight excluding hydrogens is 432 g/mol. The average molecular weight is 453 g/mol. The zero-order valence-electron chi connectivity index (χ0n) is 14.9. The number of carbonyl (C=O) groups is 1. The molecular formula is C19H21BrN2O4S. The quantitative estimate of drug-likeness (QED) is 0.699. The maximum Gasteiger partial charge on any atom is 0.240 e. The number of rotatable bonds is 7. The zero-order valence-corrected chi connectivity index (χ0v) is 17.3. The molecule has 2 aromatic rings. The van der Waals surface area contributed by atoms with Gasteiger partial charge in [-0.2, -0.15) is 0 Å². The molecule has 1 N–H and O–H groups in total. The van der Waals surface area contributed by atoms with Crippen molar-refractivity contribution in [1.82, 2.24) is 4.72 Å². The Morgan fingerprint density at radius 1 is 1.15 bits per heavy atom. The molecule has 0 unspecified atom stereocenters. The summed E-state index contributed by atoms with van der Waals surface area (Å²) in [6.07, 6.45) is 0.316. The first kappa shape index (κ1) is 19.9. The summed E-state index contributed by atoms with van der Waals surface area (Å²) in [6, 6.07) is 13.8. The number of sulfonamides is 1. The molecule has 144 valence electrons. The van der Waals surface area contributed by atoms with Crippen LogP contribution in [-0.4, -0.2) is 34.0 Å². The van der Waals surface area contributed by atoms with Gasteiger partial charge in [0.25, 0.3) is 0 Å². The van der Waals surface area contributed by atoms with Crippen LogP contribution in [0.2, 0.25) is 0 Å². The second-order valence-electron chi connectivity index (χ2n) is 6.31.